The Morgan fingerprint density at radius 2 is 1.38 bits per heavy atom. The van der Waals surface area contributed by atoms with Crippen LogP contribution in [0.5, 0.6) is 0 Å². The summed E-state index contributed by atoms with van der Waals surface area (Å²) in [5, 5.41) is 14.6. The van der Waals surface area contributed by atoms with E-state index in [4.69, 9.17) is 0 Å². The van der Waals surface area contributed by atoms with Crippen molar-refractivity contribution in [2.24, 2.45) is 15.3 Å². The van der Waals surface area contributed by atoms with Crippen LogP contribution in [0.15, 0.2) is 76.3 Å². The lowest BCUT2D eigenvalue weighted by Crippen LogP contribution is -2.46. The Bertz CT molecular complexity index is 1010. The summed E-state index contributed by atoms with van der Waals surface area (Å²) in [5.41, 5.74) is 4.84. The number of hydrogen-bond donors (Lipinski definition) is 0. The molecule has 7 heteroatoms. The molecule has 0 amide bonds. The van der Waals surface area contributed by atoms with Gasteiger partial charge in [-0.15, -0.1) is 0 Å². The number of benzene rings is 2. The molecule has 0 saturated carbocycles. The smallest absolute Gasteiger partial charge is 0.190 e. The van der Waals surface area contributed by atoms with Gasteiger partial charge >= 0.3 is 0 Å². The lowest BCUT2D eigenvalue weighted by Gasteiger charge is -2.37. The minimum atomic E-state index is -0.214. The number of aryl methyl sites for hydroxylation is 1. The van der Waals surface area contributed by atoms with Crippen LogP contribution in [0.25, 0.3) is 0 Å². The van der Waals surface area contributed by atoms with Crippen LogP contribution in [0.1, 0.15) is 25.8 Å². The van der Waals surface area contributed by atoms with E-state index in [2.05, 4.69) is 87.2 Å². The normalized spacial score (nSPS) is 19.2. The molecule has 2 aromatic carbocycles. The zero-order chi connectivity index (χ0) is 22.1. The van der Waals surface area contributed by atoms with Crippen molar-refractivity contribution >= 4 is 23.4 Å². The Kier molecular flexibility index (Phi) is 5.33. The molecule has 32 heavy (non-hydrogen) atoms. The molecule has 0 unspecified atom stereocenters. The third-order valence-corrected chi connectivity index (χ3v) is 6.60. The van der Waals surface area contributed by atoms with Crippen LogP contribution in [-0.4, -0.2) is 49.7 Å². The van der Waals surface area contributed by atoms with E-state index in [1.807, 2.05) is 23.2 Å². The van der Waals surface area contributed by atoms with E-state index >= 15 is 0 Å². The van der Waals surface area contributed by atoms with Gasteiger partial charge in [0.1, 0.15) is 12.2 Å². The van der Waals surface area contributed by atoms with Gasteiger partial charge in [0.15, 0.2) is 5.66 Å². The molecule has 0 atom stereocenters. The minimum Gasteiger partial charge on any atom is -0.368 e. The monoisotopic (exact) mass is 429 g/mol. The second kappa shape index (κ2) is 8.30. The third-order valence-electron chi connectivity index (χ3n) is 6.60. The molecule has 5 rings (SSSR count). The van der Waals surface area contributed by atoms with E-state index in [9.17, 15) is 0 Å². The number of nitrogens with zero attached hydrogens (tertiary/aromatic N) is 7. The van der Waals surface area contributed by atoms with Crippen LogP contribution < -0.4 is 14.7 Å². The number of hydrogen-bond acceptors (Lipinski definition) is 7. The average Bonchev–Trinajstić information content (AvgIpc) is 3.47. The molecule has 7 nitrogen and oxygen atoms in total. The van der Waals surface area contributed by atoms with Crippen molar-refractivity contribution in [2.45, 2.75) is 32.4 Å². The van der Waals surface area contributed by atoms with Gasteiger partial charge in [0.05, 0.1) is 0 Å². The van der Waals surface area contributed by atoms with Crippen molar-refractivity contribution in [1.29, 1.82) is 0 Å². The SMILES string of the molecule is C=C1N(CCC2(C)N=N2)N=CN1c1ccc(N2CCN(c3ccc(CC)cc3)CC2)cc1. The van der Waals surface area contributed by atoms with Crippen LogP contribution >= 0.6 is 0 Å². The Hall–Kier alpha value is -3.35. The van der Waals surface area contributed by atoms with Gasteiger partial charge in [-0.3, -0.25) is 4.90 Å². The van der Waals surface area contributed by atoms with E-state index in [1.165, 1.54) is 16.9 Å². The summed E-state index contributed by atoms with van der Waals surface area (Å²) in [7, 11) is 0. The molecule has 0 radical (unpaired) electrons. The van der Waals surface area contributed by atoms with Gasteiger partial charge in [-0.25, -0.2) is 5.01 Å². The Morgan fingerprint density at radius 1 is 0.844 bits per heavy atom. The summed E-state index contributed by atoms with van der Waals surface area (Å²) in [6.07, 6.45) is 3.78. The van der Waals surface area contributed by atoms with Gasteiger partial charge in [0.25, 0.3) is 0 Å². The fourth-order valence-electron chi connectivity index (χ4n) is 4.27. The molecule has 1 saturated heterocycles. The molecule has 0 aliphatic carbocycles. The lowest BCUT2D eigenvalue weighted by atomic mass is 10.1. The summed E-state index contributed by atoms with van der Waals surface area (Å²) < 4.78 is 0. The van der Waals surface area contributed by atoms with Crippen molar-refractivity contribution in [3.63, 3.8) is 0 Å². The largest absolute Gasteiger partial charge is 0.368 e. The summed E-state index contributed by atoms with van der Waals surface area (Å²) in [5.74, 6) is 0.865. The van der Waals surface area contributed by atoms with E-state index in [0.717, 1.165) is 57.1 Å². The van der Waals surface area contributed by atoms with Crippen molar-refractivity contribution < 1.29 is 0 Å². The zero-order valence-corrected chi connectivity index (χ0v) is 19.0. The van der Waals surface area contributed by atoms with Gasteiger partial charge in [-0.1, -0.05) is 25.6 Å². The first-order valence-corrected chi connectivity index (χ1v) is 11.5. The van der Waals surface area contributed by atoms with Crippen molar-refractivity contribution in [1.82, 2.24) is 5.01 Å². The summed E-state index contributed by atoms with van der Waals surface area (Å²) in [4.78, 5) is 6.97. The molecule has 0 spiro atoms. The number of anilines is 3. The molecular formula is C25H31N7. The van der Waals surface area contributed by atoms with Crippen molar-refractivity contribution in [2.75, 3.05) is 47.4 Å². The van der Waals surface area contributed by atoms with E-state index in [1.54, 1.807) is 0 Å². The maximum absolute atomic E-state index is 4.50. The second-order valence-corrected chi connectivity index (χ2v) is 8.82. The maximum Gasteiger partial charge on any atom is 0.190 e. The third kappa shape index (κ3) is 4.20. The Morgan fingerprint density at radius 3 is 1.91 bits per heavy atom. The van der Waals surface area contributed by atoms with Crippen molar-refractivity contribution in [3.8, 4) is 0 Å². The number of rotatable bonds is 7. The van der Waals surface area contributed by atoms with Crippen LogP contribution in [0.2, 0.25) is 0 Å². The molecule has 1 fully saturated rings. The highest BCUT2D eigenvalue weighted by molar-refractivity contribution is 5.85. The zero-order valence-electron chi connectivity index (χ0n) is 19.0. The first-order valence-electron chi connectivity index (χ1n) is 11.5. The van der Waals surface area contributed by atoms with E-state index < -0.39 is 0 Å². The van der Waals surface area contributed by atoms with Crippen LogP contribution in [0.4, 0.5) is 17.1 Å². The highest BCUT2D eigenvalue weighted by Gasteiger charge is 2.35. The fourth-order valence-corrected chi connectivity index (χ4v) is 4.27. The summed E-state index contributed by atoms with van der Waals surface area (Å²) >= 11 is 0. The maximum atomic E-state index is 4.50. The predicted molar refractivity (Wildman–Crippen MR) is 131 cm³/mol. The first kappa shape index (κ1) is 20.5. The highest BCUT2D eigenvalue weighted by atomic mass is 15.6. The van der Waals surface area contributed by atoms with Gasteiger partial charge in [-0.05, 0) is 55.3 Å². The van der Waals surface area contributed by atoms with Gasteiger partial charge < -0.3 is 9.80 Å². The van der Waals surface area contributed by atoms with Crippen LogP contribution in [0.3, 0.4) is 0 Å². The van der Waals surface area contributed by atoms with Gasteiger partial charge in [-0.2, -0.15) is 15.3 Å². The molecular weight excluding hydrogens is 398 g/mol. The molecule has 0 aromatic heterocycles. The van der Waals surface area contributed by atoms with E-state index in [-0.39, 0.29) is 5.66 Å². The number of piperazine rings is 1. The molecule has 0 bridgehead atoms. The lowest BCUT2D eigenvalue weighted by molar-refractivity contribution is 0.351. The van der Waals surface area contributed by atoms with Gasteiger partial charge in [0, 0.05) is 56.2 Å². The van der Waals surface area contributed by atoms with Gasteiger partial charge in [0.2, 0.25) is 0 Å². The molecule has 3 aliphatic heterocycles. The molecule has 166 valence electrons. The number of hydrazone groups is 1. The fraction of sp³-hybridized carbons (Fsp3) is 0.400. The van der Waals surface area contributed by atoms with E-state index in [0.29, 0.717) is 0 Å². The second-order valence-electron chi connectivity index (χ2n) is 8.82. The first-order chi connectivity index (χ1) is 15.5. The van der Waals surface area contributed by atoms with Crippen LogP contribution in [-0.2, 0) is 6.42 Å². The predicted octanol–water partition coefficient (Wildman–Crippen LogP) is 4.68. The highest BCUT2D eigenvalue weighted by Crippen LogP contribution is 2.33. The summed E-state index contributed by atoms with van der Waals surface area (Å²) in [6, 6.07) is 17.7. The Balaban J connectivity index is 1.16. The molecule has 3 heterocycles. The summed E-state index contributed by atoms with van der Waals surface area (Å²) in [6.45, 7) is 13.3. The van der Waals surface area contributed by atoms with Crippen LogP contribution in [0, 0.1) is 0 Å². The molecule has 2 aromatic rings. The Labute approximate surface area is 190 Å². The standard InChI is InChI=1S/C25H31N7/c1-4-21-5-7-22(8-6-21)29-15-17-30(18-16-29)23-9-11-24(12-10-23)31-19-26-32(20(31)2)14-13-25(3)27-28-25/h5-12,19H,2,4,13-18H2,1,3H3. The average molecular weight is 430 g/mol. The topological polar surface area (TPSA) is 50.0 Å². The molecule has 3 aliphatic rings. The van der Waals surface area contributed by atoms with Crippen molar-refractivity contribution in [3.05, 3.63) is 66.5 Å². The quantitative estimate of drug-likeness (QED) is 0.641. The molecule has 0 N–H and O–H groups in total. The minimum absolute atomic E-state index is 0.214.